The predicted molar refractivity (Wildman–Crippen MR) is 110 cm³/mol. The van der Waals surface area contributed by atoms with Gasteiger partial charge in [0.15, 0.2) is 4.11 Å². The van der Waals surface area contributed by atoms with E-state index in [0.717, 1.165) is 3.11 Å². The van der Waals surface area contributed by atoms with E-state index in [1.165, 1.54) is 53.8 Å². The van der Waals surface area contributed by atoms with E-state index in [9.17, 15) is 24.6 Å². The Morgan fingerprint density at radius 3 is 2.00 bits per heavy atom. The summed E-state index contributed by atoms with van der Waals surface area (Å²) in [4.78, 5) is 34.6. The lowest BCUT2D eigenvalue weighted by molar-refractivity contribution is -0.131. The second-order valence-electron chi connectivity index (χ2n) is 4.68. The van der Waals surface area contributed by atoms with Crippen molar-refractivity contribution in [3.8, 4) is 0 Å². The highest BCUT2D eigenvalue weighted by atomic mass is 127. The molecule has 1 aromatic carbocycles. The smallest absolute Gasteiger partial charge is 0.335 e. The summed E-state index contributed by atoms with van der Waals surface area (Å²) in [5.41, 5.74) is -1.83. The van der Waals surface area contributed by atoms with Crippen molar-refractivity contribution in [3.05, 3.63) is 35.4 Å². The number of aromatic carboxylic acids is 1. The summed E-state index contributed by atoms with van der Waals surface area (Å²) in [7, 11) is 0. The van der Waals surface area contributed by atoms with Crippen molar-refractivity contribution in [2.45, 2.75) is 20.8 Å². The van der Waals surface area contributed by atoms with E-state index in [2.05, 4.69) is 5.32 Å². The number of hydrogen-bond donors (Lipinski definition) is 4. The predicted octanol–water partition coefficient (Wildman–Crippen LogP) is 1.52. The Hall–Kier alpha value is -0.260. The second kappa shape index (κ2) is 8.91. The van der Waals surface area contributed by atoms with Crippen LogP contribution in [-0.2, 0) is 4.79 Å². The molecule has 8 nitrogen and oxygen atoms in total. The summed E-state index contributed by atoms with van der Waals surface area (Å²) < 4.78 is -1.26. The van der Waals surface area contributed by atoms with Crippen LogP contribution in [-0.4, -0.2) is 50.1 Å². The van der Waals surface area contributed by atoms with Gasteiger partial charge in [-0.3, -0.25) is 12.7 Å². The third kappa shape index (κ3) is 5.12. The molecule has 0 aliphatic heterocycles. The first kappa shape index (κ1) is 21.8. The highest BCUT2D eigenvalue weighted by Gasteiger charge is 2.46. The number of nitrogens with one attached hydrogen (secondary N) is 1. The molecule has 0 fully saturated rings. The summed E-state index contributed by atoms with van der Waals surface area (Å²) in [6.45, 7) is 1.18. The van der Waals surface area contributed by atoms with Crippen LogP contribution in [0.25, 0.3) is 0 Å². The summed E-state index contributed by atoms with van der Waals surface area (Å²) in [6.07, 6.45) is 0. The van der Waals surface area contributed by atoms with Crippen LogP contribution in [0.2, 0.25) is 0 Å². The summed E-state index contributed by atoms with van der Waals surface area (Å²) in [6, 6.07) is 5.27. The number of carbonyl (C=O) groups is 3. The average molecular weight is 674 g/mol. The normalized spacial score (nSPS) is 15.8. The highest BCUT2D eigenvalue weighted by molar-refractivity contribution is 14.1. The molecule has 0 aliphatic rings. The number of rotatable bonds is 6. The molecule has 2 amide bonds. The number of carbonyl (C=O) groups excluding carboxylic acids is 2. The second-order valence-corrected chi connectivity index (χ2v) is 8.08. The summed E-state index contributed by atoms with van der Waals surface area (Å²) >= 11 is 4.92. The van der Waals surface area contributed by atoms with Crippen molar-refractivity contribution in [1.29, 1.82) is 0 Å². The molecular formula is C13H13I3N2O6. The minimum Gasteiger partial charge on any atom is -0.478 e. The van der Waals surface area contributed by atoms with E-state index < -0.39 is 31.7 Å². The first-order valence-corrected chi connectivity index (χ1v) is 9.76. The van der Waals surface area contributed by atoms with Gasteiger partial charge >= 0.3 is 5.97 Å². The van der Waals surface area contributed by atoms with Gasteiger partial charge in [0, 0.05) is 12.5 Å². The number of benzene rings is 1. The molecule has 132 valence electrons. The molecule has 0 heterocycles. The Labute approximate surface area is 178 Å². The fraction of sp³-hybridized carbons (Fsp3) is 0.308. The van der Waals surface area contributed by atoms with Crippen LogP contribution in [0.15, 0.2) is 24.3 Å². The monoisotopic (exact) mass is 674 g/mol. The van der Waals surface area contributed by atoms with Gasteiger partial charge in [0.1, 0.15) is 4.05 Å². The van der Waals surface area contributed by atoms with Gasteiger partial charge in [-0.2, -0.15) is 0 Å². The minimum atomic E-state index is -2.06. The minimum absolute atomic E-state index is 0.0371. The maximum atomic E-state index is 12.5. The van der Waals surface area contributed by atoms with Gasteiger partial charge in [-0.1, -0.05) is 22.6 Å². The Morgan fingerprint density at radius 1 is 1.17 bits per heavy atom. The average Bonchev–Trinajstić information content (AvgIpc) is 2.51. The van der Waals surface area contributed by atoms with Gasteiger partial charge in [0.05, 0.1) is 28.4 Å². The van der Waals surface area contributed by atoms with Crippen LogP contribution in [0.4, 0.5) is 0 Å². The van der Waals surface area contributed by atoms with Crippen LogP contribution < -0.4 is 5.32 Å². The Morgan fingerprint density at radius 2 is 1.62 bits per heavy atom. The fourth-order valence-corrected chi connectivity index (χ4v) is 4.31. The Balaban J connectivity index is 3.05. The lowest BCUT2D eigenvalue weighted by Crippen LogP contribution is -2.63. The van der Waals surface area contributed by atoms with E-state index in [0.29, 0.717) is 0 Å². The molecule has 3 atom stereocenters. The van der Waals surface area contributed by atoms with Crippen molar-refractivity contribution in [2.24, 2.45) is 0 Å². The molecule has 0 bridgehead atoms. The molecule has 0 aliphatic carbocycles. The van der Waals surface area contributed by atoms with Crippen molar-refractivity contribution in [1.82, 2.24) is 8.43 Å². The number of aliphatic hydroxyl groups is 2. The van der Waals surface area contributed by atoms with Crippen LogP contribution in [0.3, 0.4) is 0 Å². The van der Waals surface area contributed by atoms with Crippen LogP contribution in [0.5, 0.6) is 0 Å². The van der Waals surface area contributed by atoms with E-state index in [1.807, 2.05) is 0 Å². The van der Waals surface area contributed by atoms with Crippen LogP contribution in [0, 0.1) is 0 Å². The standard InChI is InChI=1S/C13H13I3N2O6/c1-6(19)17-13(24,12(15)23)11(14)18(16)9(20)7-2-4-8(5-3-7)10(21)22/h2-5,11-12,23-24H,1H3,(H,17,19)(H,21,22). The van der Waals surface area contributed by atoms with Crippen molar-refractivity contribution >= 4 is 85.8 Å². The van der Waals surface area contributed by atoms with Gasteiger partial charge < -0.3 is 20.6 Å². The first-order chi connectivity index (χ1) is 11.0. The number of carboxylic acids is 1. The third-order valence-corrected chi connectivity index (χ3v) is 7.39. The number of amides is 2. The van der Waals surface area contributed by atoms with E-state index >= 15 is 0 Å². The summed E-state index contributed by atoms with van der Waals surface area (Å²) in [5.74, 6) is -2.20. The Bertz CT molecular complexity index is 639. The number of halogens is 3. The topological polar surface area (TPSA) is 127 Å². The number of carboxylic acid groups (broad SMARTS) is 1. The molecular weight excluding hydrogens is 661 g/mol. The molecule has 3 unspecified atom stereocenters. The van der Waals surface area contributed by atoms with Crippen molar-refractivity contribution in [3.63, 3.8) is 0 Å². The highest BCUT2D eigenvalue weighted by Crippen LogP contribution is 2.30. The van der Waals surface area contributed by atoms with Crippen LogP contribution in [0.1, 0.15) is 27.6 Å². The number of hydrogen-bond acceptors (Lipinski definition) is 5. The third-order valence-electron chi connectivity index (χ3n) is 2.87. The largest absolute Gasteiger partial charge is 0.478 e. The molecule has 0 radical (unpaired) electrons. The molecule has 1 aromatic rings. The summed E-state index contributed by atoms with van der Waals surface area (Å²) in [5, 5.41) is 31.4. The first-order valence-electron chi connectivity index (χ1n) is 6.30. The zero-order valence-electron chi connectivity index (χ0n) is 12.1. The molecule has 0 aromatic heterocycles. The lowest BCUT2D eigenvalue weighted by Gasteiger charge is -2.38. The van der Waals surface area contributed by atoms with Gasteiger partial charge in [-0.15, -0.1) is 0 Å². The lowest BCUT2D eigenvalue weighted by atomic mass is 10.1. The molecule has 0 saturated heterocycles. The zero-order valence-corrected chi connectivity index (χ0v) is 18.6. The van der Waals surface area contributed by atoms with Gasteiger partial charge in [0.25, 0.3) is 5.91 Å². The molecule has 1 rings (SSSR count). The van der Waals surface area contributed by atoms with Crippen LogP contribution >= 0.6 is 68.0 Å². The van der Waals surface area contributed by atoms with Crippen molar-refractivity contribution < 1.29 is 29.7 Å². The quantitative estimate of drug-likeness (QED) is 0.119. The number of alkyl halides is 2. The Kier molecular flexibility index (Phi) is 8.08. The maximum absolute atomic E-state index is 12.5. The molecule has 24 heavy (non-hydrogen) atoms. The van der Waals surface area contributed by atoms with E-state index in [4.69, 9.17) is 5.11 Å². The number of aliphatic hydroxyl groups excluding tert-OH is 1. The van der Waals surface area contributed by atoms with Gasteiger partial charge in [0.2, 0.25) is 11.6 Å². The zero-order chi connectivity index (χ0) is 18.7. The molecule has 0 spiro atoms. The van der Waals surface area contributed by atoms with Crippen molar-refractivity contribution in [2.75, 3.05) is 0 Å². The maximum Gasteiger partial charge on any atom is 0.335 e. The van der Waals surface area contributed by atoms with Gasteiger partial charge in [-0.05, 0) is 46.9 Å². The SMILES string of the molecule is CC(=O)NC(O)(C(O)I)C(I)N(I)C(=O)c1ccc(C(=O)O)cc1. The number of nitrogens with zero attached hydrogens (tertiary/aromatic N) is 1. The van der Waals surface area contributed by atoms with E-state index in [-0.39, 0.29) is 11.1 Å². The molecule has 4 N–H and O–H groups in total. The molecule has 11 heteroatoms. The van der Waals surface area contributed by atoms with Gasteiger partial charge in [-0.25, -0.2) is 4.79 Å². The van der Waals surface area contributed by atoms with E-state index in [1.54, 1.807) is 45.5 Å². The fourth-order valence-electron chi connectivity index (χ4n) is 1.67. The molecule has 0 saturated carbocycles.